The van der Waals surface area contributed by atoms with Crippen molar-refractivity contribution in [2.45, 2.75) is 32.6 Å². The number of methoxy groups -OCH3 is 1. The first-order valence-electron chi connectivity index (χ1n) is 16.1. The highest BCUT2D eigenvalue weighted by Gasteiger charge is 2.68. The van der Waals surface area contributed by atoms with Crippen molar-refractivity contribution in [3.63, 3.8) is 0 Å². The number of nitrogens with two attached hydrogens (primary N) is 1. The zero-order valence-corrected chi connectivity index (χ0v) is 29.0. The molecule has 50 heavy (non-hydrogen) atoms. The Labute approximate surface area is 295 Å². The van der Waals surface area contributed by atoms with Gasteiger partial charge in [0.05, 0.1) is 35.2 Å². The lowest BCUT2D eigenvalue weighted by Gasteiger charge is -2.49. The fourth-order valence-electron chi connectivity index (χ4n) is 8.93. The Kier molecular flexibility index (Phi) is 7.08. The van der Waals surface area contributed by atoms with Crippen LogP contribution in [0.15, 0.2) is 54.1 Å². The molecule has 2 aromatic heterocycles. The van der Waals surface area contributed by atoms with Gasteiger partial charge in [-0.25, -0.2) is 9.69 Å². The number of likely N-dealkylation sites (tertiary alicyclic amines) is 1. The average Bonchev–Trinajstić information content (AvgIpc) is 3.74. The maximum Gasteiger partial charge on any atom is 0.328 e. The van der Waals surface area contributed by atoms with Crippen LogP contribution < -0.4 is 15.4 Å². The van der Waals surface area contributed by atoms with Gasteiger partial charge in [-0.2, -0.15) is 10.00 Å². The van der Waals surface area contributed by atoms with E-state index in [1.165, 1.54) is 34.1 Å². The van der Waals surface area contributed by atoms with E-state index in [4.69, 9.17) is 27.2 Å². The van der Waals surface area contributed by atoms with Crippen LogP contribution >= 0.6 is 22.9 Å². The number of aromatic nitrogens is 2. The molecule has 4 heterocycles. The molecule has 4 aromatic rings. The van der Waals surface area contributed by atoms with E-state index in [0.717, 1.165) is 20.5 Å². The number of aryl methyl sites for hydroxylation is 2. The van der Waals surface area contributed by atoms with Gasteiger partial charge in [0.15, 0.2) is 11.5 Å². The van der Waals surface area contributed by atoms with Crippen molar-refractivity contribution in [2.75, 3.05) is 12.0 Å². The summed E-state index contributed by atoms with van der Waals surface area (Å²) in [6.45, 7) is 3.73. The monoisotopic (exact) mass is 713 g/mol. The highest BCUT2D eigenvalue weighted by molar-refractivity contribution is 7.22. The Balaban J connectivity index is 1.26. The molecule has 12 nitrogen and oxygen atoms in total. The first-order chi connectivity index (χ1) is 23.8. The van der Waals surface area contributed by atoms with E-state index in [1.54, 1.807) is 32.2 Å². The standard InChI is InChI=1S/C36H32ClN5O7S/c1-15-20-12-17(37)6-10-26(20)50-30(15)23-14-27(40(3)39-23)41-32(45)22-13-21-18(7-8-19-28(21)33(46)42(31(19)44)35(38)48)29(36(22,2)34(41)47)16-5-9-25(49-4)24(43)11-16/h5-7,9-12,14,19,21-22,28-29,43H,8,13H2,1-4H3,(H2,38,48)/t19-,21+,22-,28-,29-,36+/m0/s1. The smallest absolute Gasteiger partial charge is 0.328 e. The number of urea groups is 1. The molecule has 2 saturated heterocycles. The highest BCUT2D eigenvalue weighted by Crippen LogP contribution is 2.64. The maximum absolute atomic E-state index is 14.9. The van der Waals surface area contributed by atoms with Crippen LogP contribution in [0.5, 0.6) is 11.5 Å². The zero-order valence-electron chi connectivity index (χ0n) is 27.5. The van der Waals surface area contributed by atoms with E-state index in [0.29, 0.717) is 32.6 Å². The Morgan fingerprint density at radius 3 is 2.54 bits per heavy atom. The number of ether oxygens (including phenoxy) is 1. The number of carbonyl (C=O) groups excluding carboxylic acids is 5. The Morgan fingerprint density at radius 1 is 1.08 bits per heavy atom. The van der Waals surface area contributed by atoms with Crippen molar-refractivity contribution in [2.24, 2.45) is 41.9 Å². The number of phenols is 1. The SMILES string of the molecule is COc1ccc([C@H]2C3=CC[C@@H]4C(=O)N(C(N)=O)C(=O)[C@@H]4[C@@H]3C[C@H]3C(=O)N(c4cc(-c5sc6ccc(Cl)cc6c5C)nn4C)C(=O)[C@@]23C)cc1O. The van der Waals surface area contributed by atoms with Crippen LogP contribution in [-0.4, -0.2) is 56.6 Å². The van der Waals surface area contributed by atoms with Crippen LogP contribution in [0.4, 0.5) is 10.6 Å². The number of allylic oxidation sites excluding steroid dienone is 2. The Morgan fingerprint density at radius 2 is 1.84 bits per heavy atom. The second kappa shape index (κ2) is 11.0. The summed E-state index contributed by atoms with van der Waals surface area (Å²) in [7, 11) is 3.10. The quantitative estimate of drug-likeness (QED) is 0.213. The molecule has 6 atom stereocenters. The molecule has 8 rings (SSSR count). The third-order valence-corrected chi connectivity index (χ3v) is 12.8. The molecule has 6 amide bonds. The third-order valence-electron chi connectivity index (χ3n) is 11.2. The van der Waals surface area contributed by atoms with Gasteiger partial charge in [-0.15, -0.1) is 11.3 Å². The molecule has 1 saturated carbocycles. The van der Waals surface area contributed by atoms with Crippen LogP contribution in [-0.2, 0) is 26.2 Å². The van der Waals surface area contributed by atoms with Crippen LogP contribution in [0.2, 0.25) is 5.02 Å². The zero-order chi connectivity index (χ0) is 35.5. The number of hydrogen-bond acceptors (Lipinski definition) is 9. The Bertz CT molecular complexity index is 2260. The van der Waals surface area contributed by atoms with Crippen molar-refractivity contribution >= 4 is 68.5 Å². The number of thiophene rings is 1. The molecule has 256 valence electrons. The molecule has 0 spiro atoms. The summed E-state index contributed by atoms with van der Waals surface area (Å²) in [5, 5.41) is 17.2. The van der Waals surface area contributed by atoms with Crippen molar-refractivity contribution in [1.29, 1.82) is 0 Å². The van der Waals surface area contributed by atoms with Gasteiger partial charge in [0, 0.05) is 28.8 Å². The van der Waals surface area contributed by atoms with Gasteiger partial charge < -0.3 is 15.6 Å². The summed E-state index contributed by atoms with van der Waals surface area (Å²) in [6.07, 6.45) is 2.10. The molecule has 0 unspecified atom stereocenters. The van der Waals surface area contributed by atoms with Crippen molar-refractivity contribution in [3.05, 3.63) is 70.3 Å². The van der Waals surface area contributed by atoms with E-state index in [1.807, 2.05) is 31.2 Å². The summed E-state index contributed by atoms with van der Waals surface area (Å²) in [5.41, 5.74) is 6.92. The van der Waals surface area contributed by atoms with E-state index >= 15 is 0 Å². The molecule has 2 aromatic carbocycles. The molecule has 2 aliphatic carbocycles. The van der Waals surface area contributed by atoms with E-state index < -0.39 is 64.7 Å². The van der Waals surface area contributed by atoms with Crippen molar-refractivity contribution in [3.8, 4) is 22.1 Å². The van der Waals surface area contributed by atoms with Crippen LogP contribution in [0.1, 0.15) is 36.8 Å². The number of primary amides is 1. The summed E-state index contributed by atoms with van der Waals surface area (Å²) < 4.78 is 7.82. The molecule has 14 heteroatoms. The van der Waals surface area contributed by atoms with Gasteiger partial charge in [-0.1, -0.05) is 29.3 Å². The van der Waals surface area contributed by atoms with Gasteiger partial charge in [0.25, 0.3) is 0 Å². The molecule has 3 N–H and O–H groups in total. The van der Waals surface area contributed by atoms with Crippen molar-refractivity contribution in [1.82, 2.24) is 14.7 Å². The number of halogens is 1. The molecular formula is C36H32ClN5O7S. The number of hydrogen-bond donors (Lipinski definition) is 2. The molecule has 0 radical (unpaired) electrons. The number of benzene rings is 2. The van der Waals surface area contributed by atoms with Gasteiger partial charge in [-0.3, -0.25) is 23.9 Å². The molecule has 0 bridgehead atoms. The molecule has 4 aliphatic rings. The first kappa shape index (κ1) is 32.2. The second-order valence-electron chi connectivity index (χ2n) is 13.7. The lowest BCUT2D eigenvalue weighted by atomic mass is 9.51. The fraction of sp³-hybridized carbons (Fsp3) is 0.333. The summed E-state index contributed by atoms with van der Waals surface area (Å²) in [6, 6.07) is 11.1. The Hall–Kier alpha value is -5.01. The van der Waals surface area contributed by atoms with Crippen molar-refractivity contribution < 1.29 is 33.8 Å². The van der Waals surface area contributed by atoms with E-state index in [9.17, 15) is 29.1 Å². The highest BCUT2D eigenvalue weighted by atomic mass is 35.5. The maximum atomic E-state index is 14.9. The summed E-state index contributed by atoms with van der Waals surface area (Å²) in [4.78, 5) is 71.2. The number of amides is 6. The van der Waals surface area contributed by atoms with Gasteiger partial charge >= 0.3 is 6.03 Å². The lowest BCUT2D eigenvalue weighted by molar-refractivity contribution is -0.136. The van der Waals surface area contributed by atoms with Crippen LogP contribution in [0, 0.1) is 36.0 Å². The number of rotatable bonds is 4. The van der Waals surface area contributed by atoms with Crippen LogP contribution in [0.25, 0.3) is 20.7 Å². The van der Waals surface area contributed by atoms with Crippen LogP contribution in [0.3, 0.4) is 0 Å². The number of aromatic hydroxyl groups is 1. The molecular weight excluding hydrogens is 682 g/mol. The number of anilines is 1. The predicted molar refractivity (Wildman–Crippen MR) is 184 cm³/mol. The van der Waals surface area contributed by atoms with Gasteiger partial charge in [0.1, 0.15) is 11.5 Å². The number of nitrogens with zero attached hydrogens (tertiary/aromatic N) is 4. The molecule has 2 aliphatic heterocycles. The fourth-order valence-corrected chi connectivity index (χ4v) is 10.3. The topological polar surface area (TPSA) is 165 Å². The normalized spacial score (nSPS) is 27.5. The summed E-state index contributed by atoms with van der Waals surface area (Å²) >= 11 is 7.82. The minimum atomic E-state index is -1.35. The number of phenolic OH excluding ortho intramolecular Hbond substituents is 1. The van der Waals surface area contributed by atoms with Gasteiger partial charge in [0.2, 0.25) is 23.6 Å². The minimum Gasteiger partial charge on any atom is -0.504 e. The van der Waals surface area contributed by atoms with E-state index in [2.05, 4.69) is 0 Å². The number of fused-ring (bicyclic) bond motifs is 5. The second-order valence-corrected chi connectivity index (χ2v) is 15.1. The first-order valence-corrected chi connectivity index (χ1v) is 17.3. The lowest BCUT2D eigenvalue weighted by Crippen LogP contribution is -2.49. The third kappa shape index (κ3) is 4.22. The van der Waals surface area contributed by atoms with E-state index in [-0.39, 0.29) is 24.3 Å². The predicted octanol–water partition coefficient (Wildman–Crippen LogP) is 5.29. The average molecular weight is 714 g/mol. The minimum absolute atomic E-state index is 0.0930. The van der Waals surface area contributed by atoms with Gasteiger partial charge in [-0.05, 0) is 79.5 Å². The molecule has 3 fully saturated rings. The number of imide groups is 4. The largest absolute Gasteiger partial charge is 0.504 e. The number of carbonyl (C=O) groups is 5. The summed E-state index contributed by atoms with van der Waals surface area (Å²) in [5.74, 6) is -5.98.